The molecule has 0 saturated carbocycles. The number of amides is 1. The van der Waals surface area contributed by atoms with E-state index in [-0.39, 0.29) is 6.10 Å². The van der Waals surface area contributed by atoms with Crippen LogP contribution in [0, 0.1) is 0 Å². The fourth-order valence-corrected chi connectivity index (χ4v) is 1.68. The van der Waals surface area contributed by atoms with E-state index in [2.05, 4.69) is 0 Å². The highest BCUT2D eigenvalue weighted by molar-refractivity contribution is 5.77. The summed E-state index contributed by atoms with van der Waals surface area (Å²) in [6.07, 6.45) is 4.44. The van der Waals surface area contributed by atoms with E-state index in [9.17, 15) is 4.79 Å². The summed E-state index contributed by atoms with van der Waals surface area (Å²) >= 11 is 0. The van der Waals surface area contributed by atoms with Crippen molar-refractivity contribution in [3.63, 3.8) is 0 Å². The number of rotatable bonds is 5. The second kappa shape index (κ2) is 5.22. The molecule has 13 heavy (non-hydrogen) atoms. The number of unbranched alkanes of at least 4 members (excludes halogenated alkanes) is 1. The van der Waals surface area contributed by atoms with Gasteiger partial charge in [-0.15, -0.1) is 0 Å². The maximum atomic E-state index is 11.2. The van der Waals surface area contributed by atoms with Crippen molar-refractivity contribution in [3.05, 3.63) is 0 Å². The fourth-order valence-electron chi connectivity index (χ4n) is 1.68. The summed E-state index contributed by atoms with van der Waals surface area (Å²) in [6.45, 7) is 3.63. The Morgan fingerprint density at radius 2 is 2.31 bits per heavy atom. The standard InChI is InChI=1S/C10H19NO2/c1-9(12)5-2-3-7-11-8-4-6-10(11)13/h9,12H,2-8H2,1H3. The predicted octanol–water partition coefficient (Wildman–Crippen LogP) is 1.16. The van der Waals surface area contributed by atoms with Crippen LogP contribution in [0.3, 0.4) is 0 Å². The molecule has 1 aliphatic rings. The van der Waals surface area contributed by atoms with E-state index in [1.807, 2.05) is 4.90 Å². The topological polar surface area (TPSA) is 40.5 Å². The molecule has 1 rings (SSSR count). The second-order valence-electron chi connectivity index (χ2n) is 3.83. The molecule has 1 aliphatic heterocycles. The molecule has 76 valence electrons. The summed E-state index contributed by atoms with van der Waals surface area (Å²) in [4.78, 5) is 13.1. The first-order chi connectivity index (χ1) is 6.20. The predicted molar refractivity (Wildman–Crippen MR) is 51.3 cm³/mol. The average molecular weight is 185 g/mol. The number of hydrogen-bond acceptors (Lipinski definition) is 2. The van der Waals surface area contributed by atoms with Gasteiger partial charge in [-0.1, -0.05) is 0 Å². The molecular formula is C10H19NO2. The summed E-state index contributed by atoms with van der Waals surface area (Å²) in [6, 6.07) is 0. The van der Waals surface area contributed by atoms with Gasteiger partial charge in [-0.2, -0.15) is 0 Å². The van der Waals surface area contributed by atoms with Gasteiger partial charge in [0.2, 0.25) is 5.91 Å². The Labute approximate surface area is 79.7 Å². The van der Waals surface area contributed by atoms with E-state index in [0.717, 1.165) is 45.2 Å². The van der Waals surface area contributed by atoms with Crippen molar-refractivity contribution < 1.29 is 9.90 Å². The number of aliphatic hydroxyl groups is 1. The van der Waals surface area contributed by atoms with Gasteiger partial charge in [-0.25, -0.2) is 0 Å². The Morgan fingerprint density at radius 3 is 2.85 bits per heavy atom. The zero-order valence-corrected chi connectivity index (χ0v) is 8.33. The van der Waals surface area contributed by atoms with Crippen molar-refractivity contribution in [2.24, 2.45) is 0 Å². The molecule has 1 amide bonds. The highest BCUT2D eigenvalue weighted by Crippen LogP contribution is 2.11. The average Bonchev–Trinajstić information content (AvgIpc) is 2.45. The zero-order chi connectivity index (χ0) is 9.68. The highest BCUT2D eigenvalue weighted by atomic mass is 16.3. The van der Waals surface area contributed by atoms with E-state index < -0.39 is 0 Å². The molecule has 0 radical (unpaired) electrons. The van der Waals surface area contributed by atoms with Gasteiger partial charge in [-0.05, 0) is 32.6 Å². The molecule has 0 aromatic heterocycles. The van der Waals surface area contributed by atoms with E-state index in [1.54, 1.807) is 6.92 Å². The summed E-state index contributed by atoms with van der Waals surface area (Å²) < 4.78 is 0. The van der Waals surface area contributed by atoms with Gasteiger partial charge in [0.15, 0.2) is 0 Å². The molecule has 0 aromatic carbocycles. The maximum absolute atomic E-state index is 11.2. The van der Waals surface area contributed by atoms with Gasteiger partial charge in [0.25, 0.3) is 0 Å². The number of nitrogens with zero attached hydrogens (tertiary/aromatic N) is 1. The van der Waals surface area contributed by atoms with Gasteiger partial charge in [-0.3, -0.25) is 4.79 Å². The van der Waals surface area contributed by atoms with Gasteiger partial charge >= 0.3 is 0 Å². The largest absolute Gasteiger partial charge is 0.393 e. The van der Waals surface area contributed by atoms with E-state index in [0.29, 0.717) is 5.91 Å². The van der Waals surface area contributed by atoms with Crippen molar-refractivity contribution in [1.82, 2.24) is 4.90 Å². The molecule has 1 saturated heterocycles. The van der Waals surface area contributed by atoms with Crippen LogP contribution in [0.4, 0.5) is 0 Å². The molecular weight excluding hydrogens is 166 g/mol. The van der Waals surface area contributed by atoms with Gasteiger partial charge in [0.1, 0.15) is 0 Å². The third-order valence-electron chi connectivity index (χ3n) is 2.47. The number of carbonyl (C=O) groups excluding carboxylic acids is 1. The summed E-state index contributed by atoms with van der Waals surface area (Å²) in [7, 11) is 0. The first-order valence-electron chi connectivity index (χ1n) is 5.16. The van der Waals surface area contributed by atoms with Crippen LogP contribution < -0.4 is 0 Å². The molecule has 3 nitrogen and oxygen atoms in total. The molecule has 0 spiro atoms. The van der Waals surface area contributed by atoms with Crippen molar-refractivity contribution in [2.75, 3.05) is 13.1 Å². The number of carbonyl (C=O) groups is 1. The molecule has 1 unspecified atom stereocenters. The minimum Gasteiger partial charge on any atom is -0.393 e. The first kappa shape index (κ1) is 10.5. The van der Waals surface area contributed by atoms with Crippen LogP contribution in [0.15, 0.2) is 0 Å². The summed E-state index contributed by atoms with van der Waals surface area (Å²) in [5.41, 5.74) is 0. The van der Waals surface area contributed by atoms with Crippen molar-refractivity contribution in [2.45, 2.75) is 45.1 Å². The summed E-state index contributed by atoms with van der Waals surface area (Å²) in [5, 5.41) is 9.02. The van der Waals surface area contributed by atoms with Crippen LogP contribution in [0.1, 0.15) is 39.0 Å². The molecule has 1 fully saturated rings. The van der Waals surface area contributed by atoms with Crippen LogP contribution in [-0.4, -0.2) is 35.1 Å². The lowest BCUT2D eigenvalue weighted by Crippen LogP contribution is -2.25. The van der Waals surface area contributed by atoms with E-state index >= 15 is 0 Å². The minimum absolute atomic E-state index is 0.200. The maximum Gasteiger partial charge on any atom is 0.222 e. The number of aliphatic hydroxyl groups excluding tert-OH is 1. The van der Waals surface area contributed by atoms with Crippen molar-refractivity contribution in [3.8, 4) is 0 Å². The van der Waals surface area contributed by atoms with Crippen LogP contribution in [0.25, 0.3) is 0 Å². The lowest BCUT2D eigenvalue weighted by atomic mass is 10.2. The molecule has 1 atom stereocenters. The van der Waals surface area contributed by atoms with Gasteiger partial charge < -0.3 is 10.0 Å². The Hall–Kier alpha value is -0.570. The Balaban J connectivity index is 2.02. The molecule has 0 bridgehead atoms. The number of likely N-dealkylation sites (tertiary alicyclic amines) is 1. The van der Waals surface area contributed by atoms with Gasteiger partial charge in [0.05, 0.1) is 6.10 Å². The van der Waals surface area contributed by atoms with Crippen molar-refractivity contribution >= 4 is 5.91 Å². The van der Waals surface area contributed by atoms with Crippen LogP contribution in [0.5, 0.6) is 0 Å². The molecule has 1 heterocycles. The highest BCUT2D eigenvalue weighted by Gasteiger charge is 2.18. The third kappa shape index (κ3) is 3.77. The SMILES string of the molecule is CC(O)CCCCN1CCCC1=O. The normalized spacial score (nSPS) is 19.5. The monoisotopic (exact) mass is 185 g/mol. The third-order valence-corrected chi connectivity index (χ3v) is 2.47. The zero-order valence-electron chi connectivity index (χ0n) is 8.33. The first-order valence-corrected chi connectivity index (χ1v) is 5.16. The molecule has 1 N–H and O–H groups in total. The fraction of sp³-hybridized carbons (Fsp3) is 0.900. The van der Waals surface area contributed by atoms with Crippen LogP contribution >= 0.6 is 0 Å². The molecule has 0 aromatic rings. The van der Waals surface area contributed by atoms with E-state index in [4.69, 9.17) is 5.11 Å². The molecule has 3 heteroatoms. The molecule has 0 aliphatic carbocycles. The van der Waals surface area contributed by atoms with Crippen molar-refractivity contribution in [1.29, 1.82) is 0 Å². The van der Waals surface area contributed by atoms with E-state index in [1.165, 1.54) is 0 Å². The number of hydrogen-bond donors (Lipinski definition) is 1. The Kier molecular flexibility index (Phi) is 4.22. The Morgan fingerprint density at radius 1 is 1.54 bits per heavy atom. The van der Waals surface area contributed by atoms with Crippen LogP contribution in [-0.2, 0) is 4.79 Å². The Bertz CT molecular complexity index is 168. The van der Waals surface area contributed by atoms with Crippen LogP contribution in [0.2, 0.25) is 0 Å². The summed E-state index contributed by atoms with van der Waals surface area (Å²) in [5.74, 6) is 0.303. The second-order valence-corrected chi connectivity index (χ2v) is 3.83. The smallest absolute Gasteiger partial charge is 0.222 e. The lowest BCUT2D eigenvalue weighted by molar-refractivity contribution is -0.127. The lowest BCUT2D eigenvalue weighted by Gasteiger charge is -2.15. The van der Waals surface area contributed by atoms with Gasteiger partial charge in [0, 0.05) is 19.5 Å². The quantitative estimate of drug-likeness (QED) is 0.653. The minimum atomic E-state index is -0.200.